The average molecular weight is 272 g/mol. The lowest BCUT2D eigenvalue weighted by atomic mass is 10.0. The zero-order valence-corrected chi connectivity index (χ0v) is 12.6. The van der Waals surface area contributed by atoms with Crippen molar-refractivity contribution in [2.45, 2.75) is 25.9 Å². The first-order valence-corrected chi connectivity index (χ1v) is 7.12. The van der Waals surface area contributed by atoms with E-state index in [1.54, 1.807) is 0 Å². The van der Waals surface area contributed by atoms with Gasteiger partial charge in [-0.25, -0.2) is 0 Å². The molecule has 0 aliphatic rings. The maximum atomic E-state index is 6.01. The average Bonchev–Trinajstić information content (AvgIpc) is 2.81. The quantitative estimate of drug-likeness (QED) is 0.876. The van der Waals surface area contributed by atoms with E-state index >= 15 is 0 Å². The number of hydrogen-bond donors (Lipinski definition) is 1. The molecule has 4 heteroatoms. The fourth-order valence-corrected chi connectivity index (χ4v) is 2.63. The normalized spacial score (nSPS) is 12.8. The summed E-state index contributed by atoms with van der Waals surface area (Å²) in [5.74, 6) is 0. The molecule has 1 aromatic heterocycles. The third kappa shape index (κ3) is 3.26. The zero-order valence-electron chi connectivity index (χ0n) is 12.6. The van der Waals surface area contributed by atoms with Crippen molar-refractivity contribution in [3.05, 3.63) is 53.3 Å². The molecule has 2 rings (SSSR count). The van der Waals surface area contributed by atoms with E-state index in [4.69, 9.17) is 5.73 Å². The third-order valence-corrected chi connectivity index (χ3v) is 3.66. The van der Waals surface area contributed by atoms with Crippen molar-refractivity contribution >= 4 is 0 Å². The molecule has 0 saturated carbocycles. The molecule has 4 nitrogen and oxygen atoms in total. The Balaban J connectivity index is 2.18. The van der Waals surface area contributed by atoms with Crippen LogP contribution in [0.1, 0.15) is 29.8 Å². The van der Waals surface area contributed by atoms with E-state index in [1.807, 2.05) is 17.8 Å². The van der Waals surface area contributed by atoms with Gasteiger partial charge in [0.1, 0.15) is 0 Å². The summed E-state index contributed by atoms with van der Waals surface area (Å²) in [5, 5.41) is 4.52. The van der Waals surface area contributed by atoms with Crippen LogP contribution in [-0.2, 0) is 20.0 Å². The van der Waals surface area contributed by atoms with E-state index in [2.05, 4.69) is 54.4 Å². The fourth-order valence-electron chi connectivity index (χ4n) is 2.63. The van der Waals surface area contributed by atoms with Gasteiger partial charge in [-0.3, -0.25) is 9.58 Å². The Morgan fingerprint density at radius 1 is 1.30 bits per heavy atom. The molecule has 0 amide bonds. The standard InChI is InChI=1S/C16H24N4/c1-4-15-14(12-20(3)18-15)16(10-17)19(2)11-13-8-6-5-7-9-13/h5-9,12,16H,4,10-11,17H2,1-3H3. The predicted octanol–water partition coefficient (Wildman–Crippen LogP) is 2.11. The molecule has 0 spiro atoms. The maximum Gasteiger partial charge on any atom is 0.0670 e. The highest BCUT2D eigenvalue weighted by Crippen LogP contribution is 2.23. The summed E-state index contributed by atoms with van der Waals surface area (Å²) in [4.78, 5) is 2.30. The molecule has 1 heterocycles. The van der Waals surface area contributed by atoms with Gasteiger partial charge in [0.25, 0.3) is 0 Å². The molecule has 20 heavy (non-hydrogen) atoms. The molecule has 1 unspecified atom stereocenters. The van der Waals surface area contributed by atoms with Crippen LogP contribution in [0.5, 0.6) is 0 Å². The minimum absolute atomic E-state index is 0.207. The first-order chi connectivity index (χ1) is 9.65. The van der Waals surface area contributed by atoms with Gasteiger partial charge in [0.2, 0.25) is 0 Å². The Labute approximate surface area is 121 Å². The van der Waals surface area contributed by atoms with Gasteiger partial charge < -0.3 is 5.73 Å². The van der Waals surface area contributed by atoms with E-state index in [9.17, 15) is 0 Å². The van der Waals surface area contributed by atoms with Gasteiger partial charge in [-0.15, -0.1) is 0 Å². The topological polar surface area (TPSA) is 47.1 Å². The number of likely N-dealkylation sites (N-methyl/N-ethyl adjacent to an activating group) is 1. The second kappa shape index (κ2) is 6.68. The molecule has 0 radical (unpaired) electrons. The van der Waals surface area contributed by atoms with Crippen molar-refractivity contribution in [3.63, 3.8) is 0 Å². The highest BCUT2D eigenvalue weighted by atomic mass is 15.3. The van der Waals surface area contributed by atoms with E-state index < -0.39 is 0 Å². The van der Waals surface area contributed by atoms with Gasteiger partial charge in [0.15, 0.2) is 0 Å². The summed E-state index contributed by atoms with van der Waals surface area (Å²) in [6.45, 7) is 3.62. The van der Waals surface area contributed by atoms with Crippen LogP contribution in [0.15, 0.2) is 36.5 Å². The van der Waals surface area contributed by atoms with Crippen molar-refractivity contribution in [2.24, 2.45) is 12.8 Å². The Hall–Kier alpha value is -1.65. The molecule has 0 bridgehead atoms. The summed E-state index contributed by atoms with van der Waals surface area (Å²) < 4.78 is 1.88. The van der Waals surface area contributed by atoms with Gasteiger partial charge in [0, 0.05) is 31.9 Å². The highest BCUT2D eigenvalue weighted by molar-refractivity contribution is 5.23. The summed E-state index contributed by atoms with van der Waals surface area (Å²) in [6, 6.07) is 10.7. The van der Waals surface area contributed by atoms with Crippen LogP contribution < -0.4 is 5.73 Å². The minimum Gasteiger partial charge on any atom is -0.329 e. The van der Waals surface area contributed by atoms with E-state index in [0.717, 1.165) is 18.7 Å². The largest absolute Gasteiger partial charge is 0.329 e. The van der Waals surface area contributed by atoms with Gasteiger partial charge >= 0.3 is 0 Å². The summed E-state index contributed by atoms with van der Waals surface area (Å²) in [5.41, 5.74) is 9.70. The van der Waals surface area contributed by atoms with Crippen LogP contribution in [0.2, 0.25) is 0 Å². The van der Waals surface area contributed by atoms with Gasteiger partial charge in [-0.1, -0.05) is 37.3 Å². The Morgan fingerprint density at radius 3 is 2.60 bits per heavy atom. The van der Waals surface area contributed by atoms with E-state index in [0.29, 0.717) is 6.54 Å². The van der Waals surface area contributed by atoms with Gasteiger partial charge in [0.05, 0.1) is 11.7 Å². The fraction of sp³-hybridized carbons (Fsp3) is 0.438. The second-order valence-corrected chi connectivity index (χ2v) is 5.21. The lowest BCUT2D eigenvalue weighted by molar-refractivity contribution is 0.241. The third-order valence-electron chi connectivity index (χ3n) is 3.66. The molecule has 0 aliphatic carbocycles. The molecule has 0 aliphatic heterocycles. The predicted molar refractivity (Wildman–Crippen MR) is 82.3 cm³/mol. The number of nitrogens with two attached hydrogens (primary N) is 1. The van der Waals surface area contributed by atoms with Gasteiger partial charge in [-0.05, 0) is 19.0 Å². The van der Waals surface area contributed by atoms with Crippen LogP contribution in [0, 0.1) is 0 Å². The monoisotopic (exact) mass is 272 g/mol. The molecule has 108 valence electrons. The SMILES string of the molecule is CCc1nn(C)cc1C(CN)N(C)Cc1ccccc1. The van der Waals surface area contributed by atoms with Crippen LogP contribution in [-0.4, -0.2) is 28.3 Å². The lowest BCUT2D eigenvalue weighted by Crippen LogP contribution is -2.30. The Kier molecular flexibility index (Phi) is 4.93. The lowest BCUT2D eigenvalue weighted by Gasteiger charge is -2.27. The first kappa shape index (κ1) is 14.8. The van der Waals surface area contributed by atoms with Crippen molar-refractivity contribution in [2.75, 3.05) is 13.6 Å². The number of benzene rings is 1. The van der Waals surface area contributed by atoms with E-state index in [-0.39, 0.29) is 6.04 Å². The second-order valence-electron chi connectivity index (χ2n) is 5.21. The van der Waals surface area contributed by atoms with Gasteiger partial charge in [-0.2, -0.15) is 5.10 Å². The molecule has 2 N–H and O–H groups in total. The van der Waals surface area contributed by atoms with Crippen molar-refractivity contribution < 1.29 is 0 Å². The molecule has 2 aromatic rings. The molecule has 0 fully saturated rings. The van der Waals surface area contributed by atoms with Crippen molar-refractivity contribution in [3.8, 4) is 0 Å². The molecule has 0 saturated heterocycles. The van der Waals surface area contributed by atoms with E-state index in [1.165, 1.54) is 11.1 Å². The molecule has 1 atom stereocenters. The number of hydrogen-bond acceptors (Lipinski definition) is 3. The molecular weight excluding hydrogens is 248 g/mol. The van der Waals surface area contributed by atoms with Crippen LogP contribution in [0.4, 0.5) is 0 Å². The summed E-state index contributed by atoms with van der Waals surface area (Å²) in [7, 11) is 4.09. The summed E-state index contributed by atoms with van der Waals surface area (Å²) >= 11 is 0. The zero-order chi connectivity index (χ0) is 14.5. The number of rotatable bonds is 6. The summed E-state index contributed by atoms with van der Waals surface area (Å²) in [6.07, 6.45) is 3.03. The number of nitrogens with zero attached hydrogens (tertiary/aromatic N) is 3. The van der Waals surface area contributed by atoms with Crippen LogP contribution in [0.25, 0.3) is 0 Å². The first-order valence-electron chi connectivity index (χ1n) is 7.12. The maximum absolute atomic E-state index is 6.01. The van der Waals surface area contributed by atoms with Crippen molar-refractivity contribution in [1.82, 2.24) is 14.7 Å². The Morgan fingerprint density at radius 2 is 2.00 bits per heavy atom. The molecule has 1 aromatic carbocycles. The van der Waals surface area contributed by atoms with Crippen LogP contribution >= 0.6 is 0 Å². The molecular formula is C16H24N4. The minimum atomic E-state index is 0.207. The van der Waals surface area contributed by atoms with Crippen LogP contribution in [0.3, 0.4) is 0 Å². The number of aryl methyl sites for hydroxylation is 2. The van der Waals surface area contributed by atoms with Crippen molar-refractivity contribution in [1.29, 1.82) is 0 Å². The number of aromatic nitrogens is 2. The highest BCUT2D eigenvalue weighted by Gasteiger charge is 2.20. The Bertz CT molecular complexity index is 533. The smallest absolute Gasteiger partial charge is 0.0670 e.